The van der Waals surface area contributed by atoms with E-state index in [0.29, 0.717) is 6.04 Å². The molecule has 4 unspecified atom stereocenters. The van der Waals surface area contributed by atoms with Gasteiger partial charge in [-0.1, -0.05) is 18.6 Å². The number of nitrogens with one attached hydrogen (secondary N) is 1. The summed E-state index contributed by atoms with van der Waals surface area (Å²) in [4.78, 5) is 4.47. The van der Waals surface area contributed by atoms with Gasteiger partial charge in [-0.05, 0) is 55.6 Å². The van der Waals surface area contributed by atoms with E-state index >= 15 is 0 Å². The fraction of sp³-hybridized carbons (Fsp3) is 0.588. The topological polar surface area (TPSA) is 55.9 Å². The largest absolute Gasteiger partial charge is 0.329 e. The Hall–Kier alpha value is -1.39. The third-order valence-corrected chi connectivity index (χ3v) is 5.65. The average molecular weight is 284 g/mol. The Bertz CT molecular complexity index is 620. The Morgan fingerprint density at radius 3 is 2.95 bits per heavy atom. The second kappa shape index (κ2) is 5.43. The van der Waals surface area contributed by atoms with Gasteiger partial charge >= 0.3 is 0 Å². The van der Waals surface area contributed by atoms with E-state index in [2.05, 4.69) is 33.2 Å². The molecule has 3 N–H and O–H groups in total. The molecule has 4 atom stereocenters. The molecular weight excluding hydrogens is 260 g/mol. The molecule has 0 aliphatic heterocycles. The lowest BCUT2D eigenvalue weighted by Crippen LogP contribution is -2.40. The van der Waals surface area contributed by atoms with Crippen LogP contribution in [0.25, 0.3) is 11.0 Å². The van der Waals surface area contributed by atoms with Gasteiger partial charge in [0.1, 0.15) is 0 Å². The lowest BCUT2D eigenvalue weighted by atomic mass is 9.84. The molecule has 4 nitrogen and oxygen atoms in total. The maximum absolute atomic E-state index is 5.83. The molecule has 2 aromatic rings. The molecule has 4 rings (SSSR count). The van der Waals surface area contributed by atoms with Crippen LogP contribution in [0.3, 0.4) is 0 Å². The van der Waals surface area contributed by atoms with Crippen molar-refractivity contribution < 1.29 is 0 Å². The summed E-state index contributed by atoms with van der Waals surface area (Å²) >= 11 is 0. The number of aromatic nitrogens is 2. The zero-order valence-corrected chi connectivity index (χ0v) is 12.4. The maximum atomic E-state index is 5.83. The summed E-state index contributed by atoms with van der Waals surface area (Å²) in [6.07, 6.45) is 8.94. The molecule has 0 radical (unpaired) electrons. The van der Waals surface area contributed by atoms with Crippen LogP contribution in [0.15, 0.2) is 30.6 Å². The Kier molecular flexibility index (Phi) is 3.43. The number of nitrogens with zero attached hydrogens (tertiary/aromatic N) is 2. The highest BCUT2D eigenvalue weighted by atomic mass is 15.2. The summed E-state index contributed by atoms with van der Waals surface area (Å²) in [6, 6.07) is 8.64. The third-order valence-electron chi connectivity index (χ3n) is 5.65. The minimum Gasteiger partial charge on any atom is -0.329 e. The fourth-order valence-corrected chi connectivity index (χ4v) is 4.62. The van der Waals surface area contributed by atoms with Crippen molar-refractivity contribution in [1.29, 1.82) is 0 Å². The van der Waals surface area contributed by atoms with Crippen molar-refractivity contribution >= 4 is 11.0 Å². The van der Waals surface area contributed by atoms with E-state index in [-0.39, 0.29) is 0 Å². The SMILES string of the molecule is NNC(CC1CC2CCC1C2)Cn1cnc2ccccc21. The van der Waals surface area contributed by atoms with Crippen LogP contribution in [-0.4, -0.2) is 15.6 Å². The summed E-state index contributed by atoms with van der Waals surface area (Å²) in [7, 11) is 0. The Balaban J connectivity index is 1.46. The fourth-order valence-electron chi connectivity index (χ4n) is 4.62. The van der Waals surface area contributed by atoms with E-state index in [0.717, 1.165) is 29.8 Å². The summed E-state index contributed by atoms with van der Waals surface area (Å²) < 4.78 is 2.23. The van der Waals surface area contributed by atoms with E-state index in [1.807, 2.05) is 12.4 Å². The van der Waals surface area contributed by atoms with Crippen LogP contribution in [0.5, 0.6) is 0 Å². The van der Waals surface area contributed by atoms with Crippen molar-refractivity contribution in [3.63, 3.8) is 0 Å². The van der Waals surface area contributed by atoms with Crippen molar-refractivity contribution in [2.24, 2.45) is 23.6 Å². The van der Waals surface area contributed by atoms with Crippen LogP contribution in [-0.2, 0) is 6.54 Å². The number of hydrogen-bond acceptors (Lipinski definition) is 3. The quantitative estimate of drug-likeness (QED) is 0.655. The molecule has 2 saturated carbocycles. The standard InChI is InChI=1S/C17H24N4/c18-20-15(9-14-8-12-5-6-13(14)7-12)10-21-11-19-16-3-1-2-4-17(16)21/h1-4,11-15,20H,5-10,18H2. The Morgan fingerprint density at radius 2 is 2.19 bits per heavy atom. The molecule has 21 heavy (non-hydrogen) atoms. The monoisotopic (exact) mass is 284 g/mol. The minimum absolute atomic E-state index is 0.340. The molecule has 1 aromatic heterocycles. The number of hydrogen-bond donors (Lipinski definition) is 2. The predicted octanol–water partition coefficient (Wildman–Crippen LogP) is 2.69. The molecule has 0 amide bonds. The number of rotatable bonds is 5. The predicted molar refractivity (Wildman–Crippen MR) is 84.4 cm³/mol. The van der Waals surface area contributed by atoms with Gasteiger partial charge in [0, 0.05) is 12.6 Å². The van der Waals surface area contributed by atoms with Crippen molar-refractivity contribution in [3.05, 3.63) is 30.6 Å². The first-order valence-electron chi connectivity index (χ1n) is 8.19. The molecule has 1 heterocycles. The van der Waals surface area contributed by atoms with Gasteiger partial charge in [0.15, 0.2) is 0 Å². The van der Waals surface area contributed by atoms with E-state index in [9.17, 15) is 0 Å². The van der Waals surface area contributed by atoms with Gasteiger partial charge in [-0.15, -0.1) is 0 Å². The molecule has 0 spiro atoms. The smallest absolute Gasteiger partial charge is 0.0958 e. The molecule has 112 valence electrons. The van der Waals surface area contributed by atoms with Gasteiger partial charge in [-0.3, -0.25) is 11.3 Å². The molecular formula is C17H24N4. The number of para-hydroxylation sites is 2. The number of benzene rings is 1. The molecule has 2 bridgehead atoms. The van der Waals surface area contributed by atoms with E-state index in [1.165, 1.54) is 37.6 Å². The van der Waals surface area contributed by atoms with Gasteiger partial charge in [-0.25, -0.2) is 4.98 Å². The van der Waals surface area contributed by atoms with Gasteiger partial charge in [0.25, 0.3) is 0 Å². The minimum atomic E-state index is 0.340. The summed E-state index contributed by atoms with van der Waals surface area (Å²) in [5.74, 6) is 8.67. The third kappa shape index (κ3) is 2.47. The van der Waals surface area contributed by atoms with Gasteiger partial charge in [-0.2, -0.15) is 0 Å². The zero-order chi connectivity index (χ0) is 14.2. The lowest BCUT2D eigenvalue weighted by Gasteiger charge is -2.26. The molecule has 2 aliphatic rings. The van der Waals surface area contributed by atoms with Crippen molar-refractivity contribution in [1.82, 2.24) is 15.0 Å². The molecule has 4 heteroatoms. The van der Waals surface area contributed by atoms with Crippen molar-refractivity contribution in [2.75, 3.05) is 0 Å². The zero-order valence-electron chi connectivity index (χ0n) is 12.4. The summed E-state index contributed by atoms with van der Waals surface area (Å²) in [5, 5.41) is 0. The second-order valence-electron chi connectivity index (χ2n) is 6.92. The normalized spacial score (nSPS) is 29.3. The molecule has 2 fully saturated rings. The molecule has 1 aromatic carbocycles. The number of hydrazine groups is 1. The Morgan fingerprint density at radius 1 is 1.29 bits per heavy atom. The lowest BCUT2D eigenvalue weighted by molar-refractivity contribution is 0.267. The number of fused-ring (bicyclic) bond motifs is 3. The highest BCUT2D eigenvalue weighted by molar-refractivity contribution is 5.74. The van der Waals surface area contributed by atoms with Crippen molar-refractivity contribution in [3.8, 4) is 0 Å². The maximum Gasteiger partial charge on any atom is 0.0958 e. The molecule has 2 aliphatic carbocycles. The molecule has 0 saturated heterocycles. The van der Waals surface area contributed by atoms with Gasteiger partial charge < -0.3 is 4.57 Å². The highest BCUT2D eigenvalue weighted by Gasteiger charge is 2.40. The van der Waals surface area contributed by atoms with Crippen LogP contribution in [0.4, 0.5) is 0 Å². The van der Waals surface area contributed by atoms with E-state index in [1.54, 1.807) is 0 Å². The van der Waals surface area contributed by atoms with Gasteiger partial charge in [0.05, 0.1) is 17.4 Å². The first-order valence-corrected chi connectivity index (χ1v) is 8.19. The highest BCUT2D eigenvalue weighted by Crippen LogP contribution is 2.49. The summed E-state index contributed by atoms with van der Waals surface area (Å²) in [5.41, 5.74) is 5.31. The summed E-state index contributed by atoms with van der Waals surface area (Å²) in [6.45, 7) is 0.908. The van der Waals surface area contributed by atoms with E-state index in [4.69, 9.17) is 5.84 Å². The van der Waals surface area contributed by atoms with Gasteiger partial charge in [0.2, 0.25) is 0 Å². The van der Waals surface area contributed by atoms with E-state index < -0.39 is 0 Å². The van der Waals surface area contributed by atoms with Crippen LogP contribution < -0.4 is 11.3 Å². The van der Waals surface area contributed by atoms with Crippen LogP contribution in [0.1, 0.15) is 32.1 Å². The van der Waals surface area contributed by atoms with Crippen molar-refractivity contribution in [2.45, 2.75) is 44.7 Å². The first kappa shape index (κ1) is 13.3. The van der Waals surface area contributed by atoms with Crippen LogP contribution in [0, 0.1) is 17.8 Å². The number of imidazole rings is 1. The van der Waals surface area contributed by atoms with Crippen LogP contribution in [0.2, 0.25) is 0 Å². The number of nitrogens with two attached hydrogens (primary N) is 1. The Labute approximate surface area is 125 Å². The van der Waals surface area contributed by atoms with Crippen LogP contribution >= 0.6 is 0 Å². The first-order chi connectivity index (χ1) is 10.3. The average Bonchev–Trinajstić information content (AvgIpc) is 3.22. The second-order valence-corrected chi connectivity index (χ2v) is 6.92.